The van der Waals surface area contributed by atoms with E-state index in [9.17, 15) is 14.4 Å². The Hall–Kier alpha value is -3.41. The number of fused-ring (bicyclic) bond motifs is 1. The molecule has 1 saturated heterocycles. The van der Waals surface area contributed by atoms with Crippen LogP contribution in [0.3, 0.4) is 0 Å². The van der Waals surface area contributed by atoms with Gasteiger partial charge < -0.3 is 10.3 Å². The van der Waals surface area contributed by atoms with Crippen LogP contribution in [0.15, 0.2) is 60.8 Å². The Morgan fingerprint density at radius 3 is 2.45 bits per heavy atom. The molecule has 1 aliphatic heterocycles. The summed E-state index contributed by atoms with van der Waals surface area (Å²) in [7, 11) is 0. The van der Waals surface area contributed by atoms with E-state index < -0.39 is 0 Å². The summed E-state index contributed by atoms with van der Waals surface area (Å²) in [6, 6.07) is 18.2. The molecule has 148 valence electrons. The van der Waals surface area contributed by atoms with Crippen molar-refractivity contribution < 1.29 is 14.4 Å². The smallest absolute Gasteiger partial charge is 0.229 e. The molecule has 1 aliphatic rings. The number of rotatable bonds is 7. The van der Waals surface area contributed by atoms with Crippen LogP contribution in [-0.4, -0.2) is 40.7 Å². The van der Waals surface area contributed by atoms with Gasteiger partial charge in [0.15, 0.2) is 0 Å². The third-order valence-corrected chi connectivity index (χ3v) is 5.42. The van der Waals surface area contributed by atoms with E-state index >= 15 is 0 Å². The van der Waals surface area contributed by atoms with Crippen molar-refractivity contribution in [1.29, 1.82) is 0 Å². The Bertz CT molecular complexity index is 1030. The summed E-state index contributed by atoms with van der Waals surface area (Å²) >= 11 is 0. The third kappa shape index (κ3) is 4.06. The monoisotopic (exact) mass is 389 g/mol. The number of nitrogens with zero attached hydrogens (tertiary/aromatic N) is 1. The number of aromatic amines is 1. The van der Waals surface area contributed by atoms with Gasteiger partial charge in [-0.15, -0.1) is 0 Å². The summed E-state index contributed by atoms with van der Waals surface area (Å²) in [5, 5.41) is 4.11. The normalized spacial score (nSPS) is 15.1. The summed E-state index contributed by atoms with van der Waals surface area (Å²) in [5.41, 5.74) is 3.29. The standard InChI is InChI=1S/C23H23N3O3/c27-21(12-13-26-22(28)10-11-23(26)29)25-14-18(16-6-2-1-3-7-16)19-15-24-20-9-5-4-8-17(19)20/h1-9,15,18,24H,10-14H2,(H,25,27). The van der Waals surface area contributed by atoms with Crippen LogP contribution < -0.4 is 5.32 Å². The molecule has 1 atom stereocenters. The highest BCUT2D eigenvalue weighted by molar-refractivity contribution is 6.02. The van der Waals surface area contributed by atoms with E-state index in [0.717, 1.165) is 22.0 Å². The van der Waals surface area contributed by atoms with E-state index in [4.69, 9.17) is 0 Å². The van der Waals surface area contributed by atoms with Gasteiger partial charge in [-0.05, 0) is 17.2 Å². The van der Waals surface area contributed by atoms with Crippen molar-refractivity contribution in [3.63, 3.8) is 0 Å². The van der Waals surface area contributed by atoms with Crippen molar-refractivity contribution in [2.24, 2.45) is 0 Å². The molecule has 1 fully saturated rings. The number of hydrogen-bond donors (Lipinski definition) is 2. The number of para-hydroxylation sites is 1. The van der Waals surface area contributed by atoms with Gasteiger partial charge in [-0.2, -0.15) is 0 Å². The molecular weight excluding hydrogens is 366 g/mol. The van der Waals surface area contributed by atoms with Gasteiger partial charge in [0.25, 0.3) is 0 Å². The summed E-state index contributed by atoms with van der Waals surface area (Å²) in [5.74, 6) is -0.558. The molecule has 0 saturated carbocycles. The van der Waals surface area contributed by atoms with Crippen LogP contribution in [0.25, 0.3) is 10.9 Å². The molecule has 2 heterocycles. The molecule has 0 bridgehead atoms. The number of carbonyl (C=O) groups excluding carboxylic acids is 3. The fourth-order valence-electron chi connectivity index (χ4n) is 3.86. The Balaban J connectivity index is 1.47. The second-order valence-electron chi connectivity index (χ2n) is 7.25. The van der Waals surface area contributed by atoms with Crippen molar-refractivity contribution in [2.75, 3.05) is 13.1 Å². The highest BCUT2D eigenvalue weighted by Gasteiger charge is 2.29. The van der Waals surface area contributed by atoms with Crippen molar-refractivity contribution in [3.8, 4) is 0 Å². The predicted octanol–water partition coefficient (Wildman–Crippen LogP) is 2.96. The van der Waals surface area contributed by atoms with E-state index in [1.54, 1.807) is 0 Å². The topological polar surface area (TPSA) is 82.3 Å². The average molecular weight is 389 g/mol. The minimum Gasteiger partial charge on any atom is -0.361 e. The van der Waals surface area contributed by atoms with Crippen molar-refractivity contribution >= 4 is 28.6 Å². The lowest BCUT2D eigenvalue weighted by atomic mass is 9.91. The Kier molecular flexibility index (Phi) is 5.42. The number of likely N-dealkylation sites (tertiary alicyclic amines) is 1. The van der Waals surface area contributed by atoms with E-state index in [1.165, 1.54) is 4.90 Å². The van der Waals surface area contributed by atoms with Crippen LogP contribution in [0.2, 0.25) is 0 Å². The van der Waals surface area contributed by atoms with Crippen LogP contribution >= 0.6 is 0 Å². The van der Waals surface area contributed by atoms with E-state index in [1.807, 2.05) is 42.6 Å². The maximum Gasteiger partial charge on any atom is 0.229 e. The number of H-pyrrole nitrogens is 1. The zero-order valence-corrected chi connectivity index (χ0v) is 16.1. The molecule has 6 nitrogen and oxygen atoms in total. The number of aromatic nitrogens is 1. The van der Waals surface area contributed by atoms with Crippen LogP contribution in [0.5, 0.6) is 0 Å². The highest BCUT2D eigenvalue weighted by Crippen LogP contribution is 2.30. The highest BCUT2D eigenvalue weighted by atomic mass is 16.2. The third-order valence-electron chi connectivity index (χ3n) is 5.42. The fourth-order valence-corrected chi connectivity index (χ4v) is 3.86. The predicted molar refractivity (Wildman–Crippen MR) is 110 cm³/mol. The molecule has 4 rings (SSSR count). The second-order valence-corrected chi connectivity index (χ2v) is 7.25. The van der Waals surface area contributed by atoms with Gasteiger partial charge in [-0.1, -0.05) is 48.5 Å². The lowest BCUT2D eigenvalue weighted by Gasteiger charge is -2.19. The van der Waals surface area contributed by atoms with Crippen molar-refractivity contribution in [1.82, 2.24) is 15.2 Å². The van der Waals surface area contributed by atoms with Gasteiger partial charge >= 0.3 is 0 Å². The Labute approximate surface area is 168 Å². The van der Waals surface area contributed by atoms with E-state index in [0.29, 0.717) is 6.54 Å². The minimum atomic E-state index is -0.191. The first-order valence-corrected chi connectivity index (χ1v) is 9.84. The lowest BCUT2D eigenvalue weighted by molar-refractivity contribution is -0.138. The second kappa shape index (κ2) is 8.31. The summed E-state index contributed by atoms with van der Waals surface area (Å²) in [6.07, 6.45) is 2.61. The van der Waals surface area contributed by atoms with Crippen LogP contribution in [0.1, 0.15) is 36.3 Å². The van der Waals surface area contributed by atoms with Crippen molar-refractivity contribution in [3.05, 3.63) is 71.9 Å². The van der Waals surface area contributed by atoms with Gasteiger partial charge in [-0.3, -0.25) is 19.3 Å². The molecule has 0 spiro atoms. The van der Waals surface area contributed by atoms with Gasteiger partial charge in [0.05, 0.1) is 0 Å². The van der Waals surface area contributed by atoms with E-state index in [-0.39, 0.29) is 49.4 Å². The maximum atomic E-state index is 12.4. The van der Waals surface area contributed by atoms with Crippen molar-refractivity contribution in [2.45, 2.75) is 25.2 Å². The number of hydrogen-bond acceptors (Lipinski definition) is 3. The molecule has 3 aromatic rings. The largest absolute Gasteiger partial charge is 0.361 e. The Morgan fingerprint density at radius 1 is 1.00 bits per heavy atom. The molecule has 3 amide bonds. The molecule has 1 aromatic heterocycles. The zero-order chi connectivity index (χ0) is 20.2. The molecule has 0 aliphatic carbocycles. The number of carbonyl (C=O) groups is 3. The zero-order valence-electron chi connectivity index (χ0n) is 16.1. The molecule has 2 aromatic carbocycles. The number of imide groups is 1. The number of amides is 3. The SMILES string of the molecule is O=C(CCN1C(=O)CCC1=O)NCC(c1ccccc1)c1c[nH]c2ccccc12. The summed E-state index contributed by atoms with van der Waals surface area (Å²) < 4.78 is 0. The lowest BCUT2D eigenvalue weighted by Crippen LogP contribution is -2.35. The first-order chi connectivity index (χ1) is 14.1. The molecule has 29 heavy (non-hydrogen) atoms. The van der Waals surface area contributed by atoms with Gasteiger partial charge in [-0.25, -0.2) is 0 Å². The molecular formula is C23H23N3O3. The van der Waals surface area contributed by atoms with Crippen LogP contribution in [0.4, 0.5) is 0 Å². The molecule has 2 N–H and O–H groups in total. The van der Waals surface area contributed by atoms with E-state index in [2.05, 4.69) is 28.5 Å². The van der Waals surface area contributed by atoms with Gasteiger partial charge in [0.2, 0.25) is 17.7 Å². The molecule has 1 unspecified atom stereocenters. The average Bonchev–Trinajstić information content (AvgIpc) is 3.31. The van der Waals surface area contributed by atoms with Crippen LogP contribution in [0, 0.1) is 0 Å². The Morgan fingerprint density at radius 2 is 1.69 bits per heavy atom. The first-order valence-electron chi connectivity index (χ1n) is 9.84. The minimum absolute atomic E-state index is 0.00801. The molecule has 0 radical (unpaired) electrons. The quantitative estimate of drug-likeness (QED) is 0.610. The first kappa shape index (κ1) is 18.9. The summed E-state index contributed by atoms with van der Waals surface area (Å²) in [4.78, 5) is 40.3. The van der Waals surface area contributed by atoms with Crippen LogP contribution in [-0.2, 0) is 14.4 Å². The molecule has 6 heteroatoms. The number of benzene rings is 2. The fraction of sp³-hybridized carbons (Fsp3) is 0.261. The van der Waals surface area contributed by atoms with Gasteiger partial charge in [0.1, 0.15) is 0 Å². The summed E-state index contributed by atoms with van der Waals surface area (Å²) in [6.45, 7) is 0.583. The maximum absolute atomic E-state index is 12.4. The number of nitrogens with one attached hydrogen (secondary N) is 2. The van der Waals surface area contributed by atoms with Gasteiger partial charge in [0, 0.05) is 55.4 Å².